The number of aryl methyl sites for hydroxylation is 2. The molecule has 0 aliphatic heterocycles. The van der Waals surface area contributed by atoms with E-state index in [0.717, 1.165) is 18.6 Å². The Morgan fingerprint density at radius 2 is 1.71 bits per heavy atom. The summed E-state index contributed by atoms with van der Waals surface area (Å²) in [5.41, 5.74) is 10.1. The fourth-order valence-electron chi connectivity index (χ4n) is 2.42. The predicted molar refractivity (Wildman–Crippen MR) is 86.5 cm³/mol. The van der Waals surface area contributed by atoms with E-state index in [9.17, 15) is 0 Å². The molecule has 2 aromatic rings. The van der Waals surface area contributed by atoms with E-state index in [2.05, 4.69) is 43.3 Å². The van der Waals surface area contributed by atoms with E-state index in [1.54, 1.807) is 0 Å². The van der Waals surface area contributed by atoms with Crippen LogP contribution < -0.4 is 10.5 Å². The summed E-state index contributed by atoms with van der Waals surface area (Å²) >= 11 is 0. The van der Waals surface area contributed by atoms with E-state index in [-0.39, 0.29) is 6.04 Å². The van der Waals surface area contributed by atoms with Gasteiger partial charge in [-0.3, -0.25) is 0 Å². The van der Waals surface area contributed by atoms with Crippen molar-refractivity contribution < 1.29 is 4.74 Å². The normalized spacial score (nSPS) is 15.7. The van der Waals surface area contributed by atoms with Crippen LogP contribution in [0.2, 0.25) is 0 Å². The molecule has 2 aromatic carbocycles. The minimum atomic E-state index is 0.0845. The molecule has 1 fully saturated rings. The number of rotatable bonds is 6. The number of hydrogen-bond acceptors (Lipinski definition) is 2. The zero-order valence-corrected chi connectivity index (χ0v) is 12.6. The molecule has 1 saturated carbocycles. The summed E-state index contributed by atoms with van der Waals surface area (Å²) in [6, 6.07) is 17.0. The van der Waals surface area contributed by atoms with Crippen molar-refractivity contribution in [3.63, 3.8) is 0 Å². The second-order valence-corrected chi connectivity index (χ2v) is 6.02. The van der Waals surface area contributed by atoms with Crippen molar-refractivity contribution in [2.24, 2.45) is 5.73 Å². The van der Waals surface area contributed by atoms with Gasteiger partial charge in [-0.05, 0) is 55.9 Å². The molecule has 0 spiro atoms. The third-order valence-electron chi connectivity index (χ3n) is 4.00. The van der Waals surface area contributed by atoms with Gasteiger partial charge in [-0.25, -0.2) is 0 Å². The molecule has 0 bridgehead atoms. The molecule has 0 amide bonds. The van der Waals surface area contributed by atoms with Crippen LogP contribution in [0.15, 0.2) is 48.5 Å². The second kappa shape index (κ2) is 6.31. The van der Waals surface area contributed by atoms with Crippen molar-refractivity contribution in [2.45, 2.75) is 44.8 Å². The predicted octanol–water partition coefficient (Wildman–Crippen LogP) is 4.17. The Morgan fingerprint density at radius 3 is 2.33 bits per heavy atom. The van der Waals surface area contributed by atoms with Crippen LogP contribution in [0.5, 0.6) is 5.75 Å². The molecule has 1 unspecified atom stereocenters. The molecule has 1 aliphatic rings. The lowest BCUT2D eigenvalue weighted by atomic mass is 9.99. The highest BCUT2D eigenvalue weighted by atomic mass is 16.5. The van der Waals surface area contributed by atoms with Crippen LogP contribution in [0.1, 0.15) is 42.0 Å². The van der Waals surface area contributed by atoms with Gasteiger partial charge in [0.15, 0.2) is 0 Å². The molecule has 0 aromatic heterocycles. The molecule has 0 heterocycles. The summed E-state index contributed by atoms with van der Waals surface area (Å²) in [6.07, 6.45) is 4.81. The Morgan fingerprint density at radius 1 is 1.05 bits per heavy atom. The second-order valence-electron chi connectivity index (χ2n) is 6.02. The average molecular weight is 281 g/mol. The first-order valence-corrected chi connectivity index (χ1v) is 7.78. The Kier molecular flexibility index (Phi) is 4.26. The van der Waals surface area contributed by atoms with Gasteiger partial charge in [0.1, 0.15) is 5.75 Å². The maximum absolute atomic E-state index is 6.30. The zero-order chi connectivity index (χ0) is 14.7. The van der Waals surface area contributed by atoms with Crippen LogP contribution in [-0.2, 0) is 6.42 Å². The molecule has 1 atom stereocenters. The summed E-state index contributed by atoms with van der Waals surface area (Å²) in [6.45, 7) is 2.11. The average Bonchev–Trinajstić information content (AvgIpc) is 3.31. The summed E-state index contributed by atoms with van der Waals surface area (Å²) in [5.74, 6) is 0.965. The third-order valence-corrected chi connectivity index (χ3v) is 4.00. The topological polar surface area (TPSA) is 35.2 Å². The van der Waals surface area contributed by atoms with E-state index < -0.39 is 0 Å². The summed E-state index contributed by atoms with van der Waals surface area (Å²) in [7, 11) is 0. The van der Waals surface area contributed by atoms with Gasteiger partial charge in [-0.15, -0.1) is 0 Å². The van der Waals surface area contributed by atoms with Crippen LogP contribution in [0.3, 0.4) is 0 Å². The van der Waals surface area contributed by atoms with E-state index in [0.29, 0.717) is 6.10 Å². The summed E-state index contributed by atoms with van der Waals surface area (Å²) in [4.78, 5) is 0. The number of hydrogen-bond donors (Lipinski definition) is 1. The number of benzene rings is 2. The van der Waals surface area contributed by atoms with Crippen LogP contribution >= 0.6 is 0 Å². The Hall–Kier alpha value is -1.80. The molecule has 2 N–H and O–H groups in total. The number of ether oxygens (including phenoxy) is 1. The maximum Gasteiger partial charge on any atom is 0.119 e. The molecule has 2 nitrogen and oxygen atoms in total. The first kappa shape index (κ1) is 14.2. The Bertz CT molecular complexity index is 570. The van der Waals surface area contributed by atoms with E-state index in [1.165, 1.54) is 29.5 Å². The highest BCUT2D eigenvalue weighted by molar-refractivity contribution is 5.30. The molecule has 0 radical (unpaired) electrons. The molecular weight excluding hydrogens is 258 g/mol. The van der Waals surface area contributed by atoms with Crippen LogP contribution in [0.25, 0.3) is 0 Å². The molecule has 110 valence electrons. The minimum Gasteiger partial charge on any atom is -0.490 e. The molecule has 2 heteroatoms. The first-order chi connectivity index (χ1) is 10.2. The van der Waals surface area contributed by atoms with Crippen molar-refractivity contribution in [2.75, 3.05) is 0 Å². The lowest BCUT2D eigenvalue weighted by Gasteiger charge is -2.13. The highest BCUT2D eigenvalue weighted by Gasteiger charge is 2.23. The van der Waals surface area contributed by atoms with Gasteiger partial charge in [0, 0.05) is 6.04 Å². The zero-order valence-electron chi connectivity index (χ0n) is 12.6. The monoisotopic (exact) mass is 281 g/mol. The van der Waals surface area contributed by atoms with Crippen LogP contribution in [0, 0.1) is 6.92 Å². The quantitative estimate of drug-likeness (QED) is 0.862. The molecule has 3 rings (SSSR count). The molecule has 0 saturated heterocycles. The summed E-state index contributed by atoms with van der Waals surface area (Å²) < 4.78 is 5.76. The van der Waals surface area contributed by atoms with Gasteiger partial charge >= 0.3 is 0 Å². The van der Waals surface area contributed by atoms with Gasteiger partial charge in [-0.2, -0.15) is 0 Å². The number of nitrogens with two attached hydrogens (primary N) is 1. The SMILES string of the molecule is Cc1ccc(CCC(N)c2ccc(OC3CC3)cc2)cc1. The van der Waals surface area contributed by atoms with Gasteiger partial charge < -0.3 is 10.5 Å². The molecule has 21 heavy (non-hydrogen) atoms. The van der Waals surface area contributed by atoms with Gasteiger partial charge in [0.25, 0.3) is 0 Å². The van der Waals surface area contributed by atoms with Crippen molar-refractivity contribution in [3.8, 4) is 5.75 Å². The van der Waals surface area contributed by atoms with Crippen molar-refractivity contribution >= 4 is 0 Å². The Labute approximate surface area is 126 Å². The highest BCUT2D eigenvalue weighted by Crippen LogP contribution is 2.27. The lowest BCUT2D eigenvalue weighted by Crippen LogP contribution is -2.11. The van der Waals surface area contributed by atoms with Gasteiger partial charge in [0.05, 0.1) is 6.10 Å². The molecular formula is C19H23NO. The smallest absolute Gasteiger partial charge is 0.119 e. The standard InChI is InChI=1S/C19H23NO/c1-14-2-4-15(5-3-14)6-13-19(20)16-7-9-17(10-8-16)21-18-11-12-18/h2-5,7-10,18-19H,6,11-13,20H2,1H3. The fraction of sp³-hybridized carbons (Fsp3) is 0.368. The van der Waals surface area contributed by atoms with E-state index >= 15 is 0 Å². The Balaban J connectivity index is 1.54. The summed E-state index contributed by atoms with van der Waals surface area (Å²) in [5, 5.41) is 0. The fourth-order valence-corrected chi connectivity index (χ4v) is 2.42. The van der Waals surface area contributed by atoms with Gasteiger partial charge in [0.2, 0.25) is 0 Å². The van der Waals surface area contributed by atoms with Crippen LogP contribution in [0.4, 0.5) is 0 Å². The van der Waals surface area contributed by atoms with Crippen molar-refractivity contribution in [1.82, 2.24) is 0 Å². The van der Waals surface area contributed by atoms with E-state index in [4.69, 9.17) is 10.5 Å². The lowest BCUT2D eigenvalue weighted by molar-refractivity contribution is 0.303. The van der Waals surface area contributed by atoms with Crippen molar-refractivity contribution in [3.05, 3.63) is 65.2 Å². The van der Waals surface area contributed by atoms with Crippen LogP contribution in [-0.4, -0.2) is 6.10 Å². The minimum absolute atomic E-state index is 0.0845. The largest absolute Gasteiger partial charge is 0.490 e. The van der Waals surface area contributed by atoms with E-state index in [1.807, 2.05) is 12.1 Å². The molecule has 1 aliphatic carbocycles. The maximum atomic E-state index is 6.30. The van der Waals surface area contributed by atoms with Crippen molar-refractivity contribution in [1.29, 1.82) is 0 Å². The van der Waals surface area contributed by atoms with Gasteiger partial charge in [-0.1, -0.05) is 42.0 Å². The first-order valence-electron chi connectivity index (χ1n) is 7.78. The third kappa shape index (κ3) is 4.08.